The number of hydrogen-bond donors (Lipinski definition) is 2. The summed E-state index contributed by atoms with van der Waals surface area (Å²) in [7, 11) is 1.81. The lowest BCUT2D eigenvalue weighted by Gasteiger charge is -2.16. The third-order valence-corrected chi connectivity index (χ3v) is 1.88. The van der Waals surface area contributed by atoms with E-state index >= 15 is 0 Å². The van der Waals surface area contributed by atoms with Gasteiger partial charge in [-0.15, -0.1) is 0 Å². The van der Waals surface area contributed by atoms with E-state index in [1.54, 1.807) is 17.9 Å². The van der Waals surface area contributed by atoms with Crippen molar-refractivity contribution in [2.75, 3.05) is 13.7 Å². The second-order valence-electron chi connectivity index (χ2n) is 3.30. The van der Waals surface area contributed by atoms with E-state index < -0.39 is 6.03 Å². The number of nitrogens with one attached hydrogen (secondary N) is 1. The van der Waals surface area contributed by atoms with Crippen LogP contribution in [-0.4, -0.2) is 24.6 Å². The fourth-order valence-corrected chi connectivity index (χ4v) is 1.16. The zero-order valence-corrected chi connectivity index (χ0v) is 8.46. The molecule has 0 aliphatic rings. The molecule has 0 heterocycles. The van der Waals surface area contributed by atoms with Gasteiger partial charge in [-0.1, -0.05) is 27.0 Å². The van der Waals surface area contributed by atoms with Crippen LogP contribution in [0.4, 0.5) is 9.18 Å². The third kappa shape index (κ3) is 7.30. The number of carbonyl (C=O) groups is 1. The van der Waals surface area contributed by atoms with E-state index in [-0.39, 0.29) is 20.7 Å². The summed E-state index contributed by atoms with van der Waals surface area (Å²) in [6.07, 6.45) is 0. The van der Waals surface area contributed by atoms with Crippen LogP contribution in [0.25, 0.3) is 0 Å². The van der Waals surface area contributed by atoms with Crippen LogP contribution in [0.3, 0.4) is 0 Å². The van der Waals surface area contributed by atoms with Gasteiger partial charge in [0, 0.05) is 6.54 Å². The molecule has 0 aliphatic carbocycles. The Hall–Kier alpha value is -1.62. The average Bonchev–Trinajstić information content (AvgIpc) is 2.29. The van der Waals surface area contributed by atoms with Crippen molar-refractivity contribution in [1.29, 1.82) is 0 Å². The number of halogens is 1. The molecule has 0 aliphatic heterocycles. The van der Waals surface area contributed by atoms with Crippen molar-refractivity contribution in [2.45, 2.75) is 21.4 Å². The first kappa shape index (κ1) is 15.4. The van der Waals surface area contributed by atoms with Gasteiger partial charge in [-0.3, -0.25) is 4.90 Å². The van der Waals surface area contributed by atoms with E-state index in [4.69, 9.17) is 1.41 Å². The summed E-state index contributed by atoms with van der Waals surface area (Å²) in [5, 5.41) is 2.48. The Balaban J connectivity index is 0. The van der Waals surface area contributed by atoms with Crippen LogP contribution < -0.4 is 11.0 Å². The van der Waals surface area contributed by atoms with Gasteiger partial charge < -0.3 is 11.0 Å². The SMILES string of the molecule is C.C.[3H]NC(=O)NCN(C)Cc1ccc(F)cc1. The molecule has 0 saturated heterocycles. The summed E-state index contributed by atoms with van der Waals surface area (Å²) < 4.78 is 19.2. The highest BCUT2D eigenvalue weighted by molar-refractivity contribution is 5.71. The van der Waals surface area contributed by atoms with E-state index in [1.165, 1.54) is 12.1 Å². The van der Waals surface area contributed by atoms with Crippen LogP contribution in [-0.2, 0) is 6.54 Å². The summed E-state index contributed by atoms with van der Waals surface area (Å²) in [6.45, 7) is 0.917. The first-order chi connectivity index (χ1) is 7.61. The van der Waals surface area contributed by atoms with E-state index in [9.17, 15) is 9.18 Å². The van der Waals surface area contributed by atoms with E-state index in [2.05, 4.69) is 5.32 Å². The summed E-state index contributed by atoms with van der Waals surface area (Å²) in [6, 6.07) is 5.62. The second-order valence-corrected chi connectivity index (χ2v) is 3.30. The number of nitrogens with zero attached hydrogens (tertiary/aromatic N) is 1. The van der Waals surface area contributed by atoms with Crippen molar-refractivity contribution in [2.24, 2.45) is 5.73 Å². The molecule has 0 fully saturated rings. The van der Waals surface area contributed by atoms with Gasteiger partial charge in [0.05, 0.1) is 6.67 Å². The minimum absolute atomic E-state index is 0. The Morgan fingerprint density at radius 3 is 2.59 bits per heavy atom. The minimum Gasteiger partial charge on any atom is -0.352 e. The fourth-order valence-electron chi connectivity index (χ4n) is 1.16. The number of urea groups is 1. The van der Waals surface area contributed by atoms with Crippen molar-refractivity contribution in [1.82, 2.24) is 10.2 Å². The van der Waals surface area contributed by atoms with Gasteiger partial charge in [-0.05, 0) is 24.7 Å². The maximum absolute atomic E-state index is 12.6. The molecule has 1 aromatic carbocycles. The number of amides is 2. The van der Waals surface area contributed by atoms with Crippen molar-refractivity contribution in [3.05, 3.63) is 35.6 Å². The lowest BCUT2D eigenvalue weighted by Crippen LogP contribution is -2.38. The molecule has 0 aromatic heterocycles. The van der Waals surface area contributed by atoms with Gasteiger partial charge in [0.2, 0.25) is 0 Å². The molecule has 0 spiro atoms. The highest BCUT2D eigenvalue weighted by atomic mass is 19.1. The molecular weight excluding hydrogens is 221 g/mol. The molecule has 2 amide bonds. The number of rotatable bonds is 4. The molecule has 3 N–H and O–H groups in total. The first-order valence-electron chi connectivity index (χ1n) is 5.00. The fraction of sp³-hybridized carbons (Fsp3) is 0.417. The second kappa shape index (κ2) is 8.52. The highest BCUT2D eigenvalue weighted by Crippen LogP contribution is 2.04. The van der Waals surface area contributed by atoms with Gasteiger partial charge in [0.25, 0.3) is 0 Å². The average molecular weight is 245 g/mol. The Kier molecular flexibility index (Phi) is 7.71. The molecule has 5 heteroatoms. The van der Waals surface area contributed by atoms with Gasteiger partial charge in [-0.2, -0.15) is 0 Å². The molecule has 1 rings (SSSR count). The number of primary amides is 1. The molecule has 0 radical (unpaired) electrons. The maximum Gasteiger partial charge on any atom is 0.313 e. The van der Waals surface area contributed by atoms with Crippen LogP contribution >= 0.6 is 0 Å². The van der Waals surface area contributed by atoms with Crippen molar-refractivity contribution in [3.8, 4) is 0 Å². The Morgan fingerprint density at radius 1 is 1.47 bits per heavy atom. The Labute approximate surface area is 104 Å². The van der Waals surface area contributed by atoms with Crippen LogP contribution in [0.5, 0.6) is 0 Å². The molecule has 0 atom stereocenters. The number of benzene rings is 1. The summed E-state index contributed by atoms with van der Waals surface area (Å²) in [5.41, 5.74) is 2.67. The van der Waals surface area contributed by atoms with E-state index in [1.807, 2.05) is 11.9 Å². The normalized spacial score (nSPS) is 9.71. The topological polar surface area (TPSA) is 58.4 Å². The molecular formula is C12H22FN3O. The maximum atomic E-state index is 12.6. The molecule has 98 valence electrons. The molecule has 0 saturated carbocycles. The van der Waals surface area contributed by atoms with Gasteiger partial charge in [0.15, 0.2) is 1.41 Å². The van der Waals surface area contributed by atoms with Crippen molar-refractivity contribution < 1.29 is 10.6 Å². The quantitative estimate of drug-likeness (QED) is 0.799. The number of nitrogens with two attached hydrogens (primary N) is 1. The monoisotopic (exact) mass is 245 g/mol. The predicted molar refractivity (Wildman–Crippen MR) is 68.9 cm³/mol. The first-order valence-corrected chi connectivity index (χ1v) is 4.50. The van der Waals surface area contributed by atoms with Crippen LogP contribution in [0, 0.1) is 5.82 Å². The third-order valence-electron chi connectivity index (χ3n) is 1.88. The standard InChI is InChI=1S/C10H14FN3O.2CH4/c1-14(7-13-10(12)15)6-8-2-4-9(11)5-3-8;;/h2-5H,6-7H2,1H3,(H3,12,13,15);2*1H4/i/hT. The summed E-state index contributed by atoms with van der Waals surface area (Å²) >= 11 is 0. The summed E-state index contributed by atoms with van der Waals surface area (Å²) in [4.78, 5) is 12.6. The molecule has 0 bridgehead atoms. The largest absolute Gasteiger partial charge is 0.352 e. The highest BCUT2D eigenvalue weighted by Gasteiger charge is 2.01. The zero-order valence-electron chi connectivity index (χ0n) is 9.46. The van der Waals surface area contributed by atoms with Crippen molar-refractivity contribution >= 4 is 6.03 Å². The molecule has 0 unspecified atom stereocenters. The van der Waals surface area contributed by atoms with Crippen molar-refractivity contribution in [3.63, 3.8) is 0 Å². The molecule has 4 nitrogen and oxygen atoms in total. The smallest absolute Gasteiger partial charge is 0.313 e. The van der Waals surface area contributed by atoms with E-state index in [0.717, 1.165) is 5.56 Å². The van der Waals surface area contributed by atoms with Gasteiger partial charge >= 0.3 is 6.03 Å². The Morgan fingerprint density at radius 2 is 2.06 bits per heavy atom. The number of carbonyl (C=O) groups excluding carboxylic acids is 1. The zero-order chi connectivity index (χ0) is 12.0. The molecule has 1 aromatic rings. The predicted octanol–water partition coefficient (Wildman–Crippen LogP) is 2.16. The van der Waals surface area contributed by atoms with E-state index in [0.29, 0.717) is 13.2 Å². The lowest BCUT2D eigenvalue weighted by atomic mass is 10.2. The molecule has 17 heavy (non-hydrogen) atoms. The van der Waals surface area contributed by atoms with Gasteiger partial charge in [-0.25, -0.2) is 9.18 Å². The van der Waals surface area contributed by atoms with Crippen LogP contribution in [0.1, 0.15) is 20.4 Å². The number of hydrogen-bond acceptors (Lipinski definition) is 2. The minimum atomic E-state index is -0.550. The van der Waals surface area contributed by atoms with Crippen LogP contribution in [0.2, 0.25) is 1.41 Å². The lowest BCUT2D eigenvalue weighted by molar-refractivity contribution is 0.236. The van der Waals surface area contributed by atoms with Crippen LogP contribution in [0.15, 0.2) is 24.3 Å². The summed E-state index contributed by atoms with van der Waals surface area (Å²) in [5.74, 6) is -0.266. The van der Waals surface area contributed by atoms with Gasteiger partial charge in [0.1, 0.15) is 5.82 Å². The Bertz CT molecular complexity index is 346.